The summed E-state index contributed by atoms with van der Waals surface area (Å²) in [5, 5.41) is 0. The number of hydrogen-bond acceptors (Lipinski definition) is 1. The summed E-state index contributed by atoms with van der Waals surface area (Å²) in [6, 6.07) is 34.0. The van der Waals surface area contributed by atoms with Crippen LogP contribution in [0.5, 0.6) is 0 Å². The van der Waals surface area contributed by atoms with E-state index in [0.717, 1.165) is 11.3 Å². The molecule has 1 aliphatic carbocycles. The third-order valence-electron chi connectivity index (χ3n) is 10.3. The lowest BCUT2D eigenvalue weighted by atomic mass is 9.69. The maximum atomic E-state index is 5.41. The van der Waals surface area contributed by atoms with E-state index in [2.05, 4.69) is 116 Å². The molecular formula is C43H52N2. The largest absolute Gasteiger partial charge is 0.292 e. The van der Waals surface area contributed by atoms with Crippen LogP contribution in [0.15, 0.2) is 91.0 Å². The van der Waals surface area contributed by atoms with Crippen molar-refractivity contribution in [3.05, 3.63) is 108 Å². The summed E-state index contributed by atoms with van der Waals surface area (Å²) in [5.41, 5.74) is 11.9. The minimum atomic E-state index is 0.00821. The lowest BCUT2D eigenvalue weighted by Gasteiger charge is -2.34. The molecule has 0 saturated heterocycles. The van der Waals surface area contributed by atoms with Gasteiger partial charge in [-0.05, 0) is 66.3 Å². The van der Waals surface area contributed by atoms with E-state index >= 15 is 0 Å². The molecule has 0 amide bonds. The van der Waals surface area contributed by atoms with Gasteiger partial charge in [0.05, 0.1) is 11.0 Å². The lowest BCUT2D eigenvalue weighted by Crippen LogP contribution is -2.26. The zero-order valence-electron chi connectivity index (χ0n) is 28.0. The van der Waals surface area contributed by atoms with Gasteiger partial charge in [0.25, 0.3) is 0 Å². The summed E-state index contributed by atoms with van der Waals surface area (Å²) in [6.07, 6.45) is 18.3. The van der Waals surface area contributed by atoms with Gasteiger partial charge in [-0.25, -0.2) is 4.98 Å². The monoisotopic (exact) mass is 596 g/mol. The number of unbranched alkanes of at least 4 members (excludes halogenated alkanes) is 10. The number of para-hydroxylation sites is 2. The van der Waals surface area contributed by atoms with Gasteiger partial charge in [-0.1, -0.05) is 163 Å². The van der Waals surface area contributed by atoms with Crippen LogP contribution in [0.2, 0.25) is 0 Å². The Balaban J connectivity index is 1.49. The Labute approximate surface area is 271 Å². The van der Waals surface area contributed by atoms with Crippen LogP contribution in [0, 0.1) is 6.92 Å². The maximum Gasteiger partial charge on any atom is 0.146 e. The van der Waals surface area contributed by atoms with Crippen molar-refractivity contribution in [1.29, 1.82) is 0 Å². The predicted molar refractivity (Wildman–Crippen MR) is 193 cm³/mol. The van der Waals surface area contributed by atoms with Gasteiger partial charge in [0.1, 0.15) is 5.82 Å². The van der Waals surface area contributed by atoms with E-state index in [1.807, 2.05) is 0 Å². The number of aryl methyl sites for hydroxylation is 1. The van der Waals surface area contributed by atoms with Gasteiger partial charge >= 0.3 is 0 Å². The molecular weight excluding hydrogens is 544 g/mol. The molecule has 6 rings (SSSR count). The number of rotatable bonds is 16. The minimum absolute atomic E-state index is 0.00821. The molecule has 0 unspecified atom stereocenters. The molecule has 4 aromatic carbocycles. The zero-order valence-corrected chi connectivity index (χ0v) is 28.0. The van der Waals surface area contributed by atoms with E-state index in [-0.39, 0.29) is 5.41 Å². The van der Waals surface area contributed by atoms with Gasteiger partial charge in [-0.2, -0.15) is 0 Å². The lowest BCUT2D eigenvalue weighted by molar-refractivity contribution is 0.398. The van der Waals surface area contributed by atoms with Crippen LogP contribution in [0.25, 0.3) is 39.2 Å². The Hall–Kier alpha value is -3.65. The number of imidazole rings is 1. The second kappa shape index (κ2) is 14.6. The molecule has 2 nitrogen and oxygen atoms in total. The molecule has 1 aliphatic rings. The van der Waals surface area contributed by atoms with Crippen molar-refractivity contribution in [2.24, 2.45) is 0 Å². The average molecular weight is 597 g/mol. The maximum absolute atomic E-state index is 5.41. The molecule has 0 saturated carbocycles. The van der Waals surface area contributed by atoms with E-state index < -0.39 is 0 Å². The SMILES string of the molecule is CCCCCCCCC1(CCCCCCCC)c2ccccc2-c2cccc(-c3nc4ccccc4n3-c3ccc(C)cc3)c21. The Morgan fingerprint density at radius 3 is 1.84 bits per heavy atom. The fourth-order valence-electron chi connectivity index (χ4n) is 7.97. The molecule has 0 N–H and O–H groups in total. The van der Waals surface area contributed by atoms with Crippen LogP contribution in [0.3, 0.4) is 0 Å². The fourth-order valence-corrected chi connectivity index (χ4v) is 7.97. The molecule has 0 aliphatic heterocycles. The highest BCUT2D eigenvalue weighted by molar-refractivity contribution is 5.90. The molecule has 1 aromatic heterocycles. The van der Waals surface area contributed by atoms with Crippen molar-refractivity contribution in [2.45, 2.75) is 116 Å². The van der Waals surface area contributed by atoms with Crippen LogP contribution in [-0.4, -0.2) is 9.55 Å². The van der Waals surface area contributed by atoms with Crippen LogP contribution < -0.4 is 0 Å². The van der Waals surface area contributed by atoms with E-state index in [4.69, 9.17) is 4.98 Å². The summed E-state index contributed by atoms with van der Waals surface area (Å²) in [6.45, 7) is 6.79. The van der Waals surface area contributed by atoms with E-state index in [9.17, 15) is 0 Å². The second-order valence-corrected chi connectivity index (χ2v) is 13.5. The van der Waals surface area contributed by atoms with Crippen LogP contribution in [0.4, 0.5) is 0 Å². The van der Waals surface area contributed by atoms with Crippen molar-refractivity contribution in [3.63, 3.8) is 0 Å². The number of aromatic nitrogens is 2. The van der Waals surface area contributed by atoms with Gasteiger partial charge < -0.3 is 0 Å². The normalized spacial score (nSPS) is 13.3. The molecule has 0 bridgehead atoms. The highest BCUT2D eigenvalue weighted by Crippen LogP contribution is 2.57. The van der Waals surface area contributed by atoms with Crippen molar-refractivity contribution in [1.82, 2.24) is 9.55 Å². The highest BCUT2D eigenvalue weighted by atomic mass is 15.1. The number of hydrogen-bond donors (Lipinski definition) is 0. The highest BCUT2D eigenvalue weighted by Gasteiger charge is 2.44. The fraction of sp³-hybridized carbons (Fsp3) is 0.419. The minimum Gasteiger partial charge on any atom is -0.292 e. The standard InChI is InChI=1S/C43H52N2/c1-4-6-8-10-12-18-31-43(32-19-13-11-9-7-5-2)38-24-15-14-21-35(38)36-22-20-23-37(41(36)43)42-44-39-25-16-17-26-40(39)45(42)34-29-27-33(3)28-30-34/h14-17,20-30H,4-13,18-19,31-32H2,1-3H3. The Bertz CT molecular complexity index is 1670. The molecule has 0 atom stereocenters. The zero-order chi connectivity index (χ0) is 31.1. The van der Waals surface area contributed by atoms with E-state index in [1.165, 1.54) is 129 Å². The first-order valence-corrected chi connectivity index (χ1v) is 18.0. The number of fused-ring (bicyclic) bond motifs is 4. The van der Waals surface area contributed by atoms with Gasteiger partial charge in [0.2, 0.25) is 0 Å². The van der Waals surface area contributed by atoms with Crippen molar-refractivity contribution in [3.8, 4) is 28.2 Å². The smallest absolute Gasteiger partial charge is 0.146 e. The van der Waals surface area contributed by atoms with Crippen molar-refractivity contribution in [2.75, 3.05) is 0 Å². The van der Waals surface area contributed by atoms with Crippen LogP contribution >= 0.6 is 0 Å². The van der Waals surface area contributed by atoms with Gasteiger partial charge in [-0.15, -0.1) is 0 Å². The molecule has 1 heterocycles. The summed E-state index contributed by atoms with van der Waals surface area (Å²) in [7, 11) is 0. The van der Waals surface area contributed by atoms with Crippen molar-refractivity contribution < 1.29 is 0 Å². The summed E-state index contributed by atoms with van der Waals surface area (Å²) >= 11 is 0. The first kappa shape index (κ1) is 31.3. The molecule has 234 valence electrons. The molecule has 0 radical (unpaired) electrons. The van der Waals surface area contributed by atoms with Gasteiger partial charge in [0, 0.05) is 16.7 Å². The molecule has 0 fully saturated rings. The van der Waals surface area contributed by atoms with E-state index in [0.29, 0.717) is 0 Å². The Morgan fingerprint density at radius 1 is 0.556 bits per heavy atom. The molecule has 2 heteroatoms. The topological polar surface area (TPSA) is 17.8 Å². The molecule has 0 spiro atoms. The van der Waals surface area contributed by atoms with E-state index in [1.54, 1.807) is 5.56 Å². The summed E-state index contributed by atoms with van der Waals surface area (Å²) in [4.78, 5) is 5.41. The predicted octanol–water partition coefficient (Wildman–Crippen LogP) is 12.8. The van der Waals surface area contributed by atoms with Gasteiger partial charge in [-0.3, -0.25) is 4.57 Å². The quantitative estimate of drug-likeness (QED) is 0.104. The first-order chi connectivity index (χ1) is 22.2. The second-order valence-electron chi connectivity index (χ2n) is 13.5. The number of nitrogens with zero attached hydrogens (tertiary/aromatic N) is 2. The Morgan fingerprint density at radius 2 is 1.13 bits per heavy atom. The molecule has 5 aromatic rings. The third kappa shape index (κ3) is 6.39. The van der Waals surface area contributed by atoms with Crippen LogP contribution in [0.1, 0.15) is 120 Å². The third-order valence-corrected chi connectivity index (χ3v) is 10.3. The Kier molecular flexibility index (Phi) is 10.2. The average Bonchev–Trinajstić information content (AvgIpc) is 3.59. The first-order valence-electron chi connectivity index (χ1n) is 18.0. The van der Waals surface area contributed by atoms with Crippen LogP contribution in [-0.2, 0) is 5.41 Å². The van der Waals surface area contributed by atoms with Gasteiger partial charge in [0.15, 0.2) is 0 Å². The number of benzene rings is 4. The van der Waals surface area contributed by atoms with Crippen molar-refractivity contribution >= 4 is 11.0 Å². The summed E-state index contributed by atoms with van der Waals surface area (Å²) in [5.74, 6) is 1.07. The molecule has 45 heavy (non-hydrogen) atoms. The summed E-state index contributed by atoms with van der Waals surface area (Å²) < 4.78 is 2.41.